The van der Waals surface area contributed by atoms with Crippen molar-refractivity contribution in [2.24, 2.45) is 11.7 Å². The molecule has 2 rings (SSSR count). The Bertz CT molecular complexity index is 719. The standard InChI is InChI=1S/C23H36F2N2O4/c1-14(2)6-7-18-12-27(22(29)31-23(3,4)5)20(13-30-18)21(28)19(26)10-15-8-16(24)11-17(25)9-15/h8-9,11,14,18-21,28H,6-7,10,12-13,26H2,1-5H3/t18-,19-,20+,21-/m0/s1. The number of amides is 1. The molecule has 0 unspecified atom stereocenters. The van der Waals surface area contributed by atoms with Gasteiger partial charge < -0.3 is 20.3 Å². The minimum Gasteiger partial charge on any atom is -0.444 e. The first-order valence-corrected chi connectivity index (χ1v) is 10.9. The zero-order valence-corrected chi connectivity index (χ0v) is 19.1. The molecule has 4 atom stereocenters. The maximum absolute atomic E-state index is 13.5. The van der Waals surface area contributed by atoms with Crippen molar-refractivity contribution < 1.29 is 28.2 Å². The summed E-state index contributed by atoms with van der Waals surface area (Å²) >= 11 is 0. The lowest BCUT2D eigenvalue weighted by Crippen LogP contribution is -2.61. The predicted octanol–water partition coefficient (Wildman–Crippen LogP) is 3.64. The van der Waals surface area contributed by atoms with Gasteiger partial charge in [0.05, 0.1) is 31.4 Å². The average molecular weight is 443 g/mol. The molecule has 0 bridgehead atoms. The fraction of sp³-hybridized carbons (Fsp3) is 0.696. The second kappa shape index (κ2) is 10.7. The van der Waals surface area contributed by atoms with Crippen molar-refractivity contribution in [2.45, 2.75) is 83.8 Å². The van der Waals surface area contributed by atoms with Crippen molar-refractivity contribution >= 4 is 6.09 Å². The zero-order chi connectivity index (χ0) is 23.3. The molecule has 1 aromatic carbocycles. The number of carbonyl (C=O) groups excluding carboxylic acids is 1. The third kappa shape index (κ3) is 8.01. The number of morpholine rings is 1. The molecule has 0 radical (unpaired) electrons. The Morgan fingerprint density at radius 3 is 2.45 bits per heavy atom. The van der Waals surface area contributed by atoms with Crippen molar-refractivity contribution in [3.8, 4) is 0 Å². The lowest BCUT2D eigenvalue weighted by Gasteiger charge is -2.43. The molecule has 0 saturated carbocycles. The van der Waals surface area contributed by atoms with E-state index >= 15 is 0 Å². The molecule has 0 spiro atoms. The molecule has 1 saturated heterocycles. The number of rotatable bonds is 7. The molecular weight excluding hydrogens is 406 g/mol. The number of ether oxygens (including phenoxy) is 2. The van der Waals surface area contributed by atoms with Crippen LogP contribution >= 0.6 is 0 Å². The van der Waals surface area contributed by atoms with Gasteiger partial charge in [-0.3, -0.25) is 4.90 Å². The molecule has 6 nitrogen and oxygen atoms in total. The van der Waals surface area contributed by atoms with Gasteiger partial charge in [0.2, 0.25) is 0 Å². The van der Waals surface area contributed by atoms with E-state index in [1.165, 1.54) is 17.0 Å². The highest BCUT2D eigenvalue weighted by molar-refractivity contribution is 5.69. The maximum atomic E-state index is 13.5. The molecule has 1 aliphatic rings. The van der Waals surface area contributed by atoms with Crippen LogP contribution in [0.15, 0.2) is 18.2 Å². The molecule has 0 aliphatic carbocycles. The normalized spacial score (nSPS) is 21.8. The monoisotopic (exact) mass is 442 g/mol. The molecule has 0 aromatic heterocycles. The van der Waals surface area contributed by atoms with E-state index in [4.69, 9.17) is 15.2 Å². The van der Waals surface area contributed by atoms with Crippen LogP contribution in [0.4, 0.5) is 13.6 Å². The zero-order valence-electron chi connectivity index (χ0n) is 19.1. The summed E-state index contributed by atoms with van der Waals surface area (Å²) in [6.07, 6.45) is -0.0834. The fourth-order valence-electron chi connectivity index (χ4n) is 3.65. The van der Waals surface area contributed by atoms with Crippen molar-refractivity contribution in [1.29, 1.82) is 0 Å². The number of carbonyl (C=O) groups is 1. The summed E-state index contributed by atoms with van der Waals surface area (Å²) in [6.45, 7) is 9.95. The third-order valence-electron chi connectivity index (χ3n) is 5.22. The summed E-state index contributed by atoms with van der Waals surface area (Å²) in [6, 6.07) is 1.56. The van der Waals surface area contributed by atoms with E-state index in [1.54, 1.807) is 20.8 Å². The van der Waals surface area contributed by atoms with Crippen molar-refractivity contribution in [1.82, 2.24) is 4.90 Å². The van der Waals surface area contributed by atoms with Crippen LogP contribution in [0, 0.1) is 17.6 Å². The van der Waals surface area contributed by atoms with E-state index in [9.17, 15) is 18.7 Å². The van der Waals surface area contributed by atoms with E-state index in [0.29, 0.717) is 11.5 Å². The SMILES string of the molecule is CC(C)CC[C@H]1CN(C(=O)OC(C)(C)C)[C@@H]([C@@H](O)[C@@H](N)Cc2cc(F)cc(F)c2)CO1. The van der Waals surface area contributed by atoms with Crippen molar-refractivity contribution in [2.75, 3.05) is 13.2 Å². The second-order valence-corrected chi connectivity index (χ2v) is 9.76. The largest absolute Gasteiger partial charge is 0.444 e. The Kier molecular flexibility index (Phi) is 8.80. The maximum Gasteiger partial charge on any atom is 0.410 e. The Morgan fingerprint density at radius 1 is 1.29 bits per heavy atom. The van der Waals surface area contributed by atoms with E-state index in [1.807, 2.05) is 0 Å². The minimum atomic E-state index is -1.16. The number of aliphatic hydroxyl groups excluding tert-OH is 1. The van der Waals surface area contributed by atoms with Crippen LogP contribution in [0.2, 0.25) is 0 Å². The number of hydrogen-bond donors (Lipinski definition) is 2. The van der Waals surface area contributed by atoms with Gasteiger partial charge in [0.25, 0.3) is 0 Å². The van der Waals surface area contributed by atoms with Gasteiger partial charge in [-0.05, 0) is 63.6 Å². The van der Waals surface area contributed by atoms with E-state index in [-0.39, 0.29) is 25.7 Å². The van der Waals surface area contributed by atoms with E-state index in [0.717, 1.165) is 18.9 Å². The molecule has 1 aliphatic heterocycles. The Labute approximate surface area is 183 Å². The summed E-state index contributed by atoms with van der Waals surface area (Å²) in [4.78, 5) is 14.4. The summed E-state index contributed by atoms with van der Waals surface area (Å²) in [5, 5.41) is 10.9. The van der Waals surface area contributed by atoms with Gasteiger partial charge in [-0.2, -0.15) is 0 Å². The molecule has 1 heterocycles. The first-order valence-electron chi connectivity index (χ1n) is 10.9. The number of halogens is 2. The number of hydrogen-bond acceptors (Lipinski definition) is 5. The number of benzene rings is 1. The van der Waals surface area contributed by atoms with Gasteiger partial charge in [-0.25, -0.2) is 13.6 Å². The highest BCUT2D eigenvalue weighted by atomic mass is 19.1. The molecule has 176 valence electrons. The quantitative estimate of drug-likeness (QED) is 0.674. The Morgan fingerprint density at radius 2 is 1.90 bits per heavy atom. The van der Waals surface area contributed by atoms with Crippen LogP contribution in [0.3, 0.4) is 0 Å². The number of aliphatic hydroxyl groups is 1. The lowest BCUT2D eigenvalue weighted by molar-refractivity contribution is -0.105. The number of nitrogens with zero attached hydrogens (tertiary/aromatic N) is 1. The topological polar surface area (TPSA) is 85.0 Å². The van der Waals surface area contributed by atoms with Crippen molar-refractivity contribution in [3.63, 3.8) is 0 Å². The third-order valence-corrected chi connectivity index (χ3v) is 5.22. The van der Waals surface area contributed by atoms with Gasteiger partial charge in [0.15, 0.2) is 0 Å². The molecule has 1 amide bonds. The van der Waals surface area contributed by atoms with Crippen LogP contribution in [0.5, 0.6) is 0 Å². The van der Waals surface area contributed by atoms with Crippen LogP contribution in [0.25, 0.3) is 0 Å². The molecular formula is C23H36F2N2O4. The molecule has 3 N–H and O–H groups in total. The number of nitrogens with two attached hydrogens (primary N) is 1. The van der Waals surface area contributed by atoms with Crippen molar-refractivity contribution in [3.05, 3.63) is 35.4 Å². The fourth-order valence-corrected chi connectivity index (χ4v) is 3.65. The molecule has 31 heavy (non-hydrogen) atoms. The minimum absolute atomic E-state index is 0.0469. The first kappa shape index (κ1) is 25.5. The van der Waals surface area contributed by atoms with Crippen LogP contribution < -0.4 is 5.73 Å². The highest BCUT2D eigenvalue weighted by Crippen LogP contribution is 2.24. The summed E-state index contributed by atoms with van der Waals surface area (Å²) in [7, 11) is 0. The Hall–Kier alpha value is -1.77. The van der Waals surface area contributed by atoms with Gasteiger partial charge in [-0.1, -0.05) is 13.8 Å². The highest BCUT2D eigenvalue weighted by Gasteiger charge is 2.40. The van der Waals surface area contributed by atoms with Gasteiger partial charge >= 0.3 is 6.09 Å². The Balaban J connectivity index is 2.14. The van der Waals surface area contributed by atoms with Gasteiger partial charge in [-0.15, -0.1) is 0 Å². The molecule has 8 heteroatoms. The average Bonchev–Trinajstić information content (AvgIpc) is 2.63. The first-order chi connectivity index (χ1) is 14.4. The van der Waals surface area contributed by atoms with E-state index < -0.39 is 41.5 Å². The second-order valence-electron chi connectivity index (χ2n) is 9.76. The summed E-state index contributed by atoms with van der Waals surface area (Å²) in [5.74, 6) is -0.913. The van der Waals surface area contributed by atoms with E-state index in [2.05, 4.69) is 13.8 Å². The van der Waals surface area contributed by atoms with Crippen LogP contribution in [-0.2, 0) is 15.9 Å². The summed E-state index contributed by atoms with van der Waals surface area (Å²) in [5.41, 5.74) is 5.81. The molecule has 1 aromatic rings. The van der Waals surface area contributed by atoms with Gasteiger partial charge in [0.1, 0.15) is 17.2 Å². The predicted molar refractivity (Wildman–Crippen MR) is 115 cm³/mol. The van der Waals surface area contributed by atoms with Crippen LogP contribution in [-0.4, -0.2) is 59.1 Å². The lowest BCUT2D eigenvalue weighted by atomic mass is 9.94. The molecule has 1 fully saturated rings. The van der Waals surface area contributed by atoms with Crippen LogP contribution in [0.1, 0.15) is 53.0 Å². The smallest absolute Gasteiger partial charge is 0.410 e. The van der Waals surface area contributed by atoms with Gasteiger partial charge in [0, 0.05) is 12.1 Å². The summed E-state index contributed by atoms with van der Waals surface area (Å²) < 4.78 is 38.5.